The molecule has 0 bridgehead atoms. The van der Waals surface area contributed by atoms with Gasteiger partial charge in [-0.3, -0.25) is 5.10 Å². The lowest BCUT2D eigenvalue weighted by Gasteiger charge is -2.36. The molecule has 0 saturated carbocycles. The molecule has 1 unspecified atom stereocenters. The molecular weight excluding hydrogens is 264 g/mol. The average molecular weight is 286 g/mol. The average Bonchev–Trinajstić information content (AvgIpc) is 3.03. The van der Waals surface area contributed by atoms with E-state index in [9.17, 15) is 5.11 Å². The molecule has 5 nitrogen and oxygen atoms in total. The number of H-pyrrole nitrogens is 1. The van der Waals surface area contributed by atoms with Crippen molar-refractivity contribution in [3.8, 4) is 0 Å². The number of likely N-dealkylation sites (tertiary alicyclic amines) is 1. The van der Waals surface area contributed by atoms with Crippen molar-refractivity contribution in [1.29, 1.82) is 0 Å². The van der Waals surface area contributed by atoms with Gasteiger partial charge >= 0.3 is 0 Å². The Morgan fingerprint density at radius 2 is 2.00 bits per heavy atom. The number of nitrogens with zero attached hydrogens (tertiary/aromatic N) is 3. The first kappa shape index (κ1) is 14.2. The lowest BCUT2D eigenvalue weighted by molar-refractivity contribution is 0.00861. The van der Waals surface area contributed by atoms with Crippen molar-refractivity contribution < 1.29 is 5.11 Å². The van der Waals surface area contributed by atoms with E-state index in [1.54, 1.807) is 6.33 Å². The zero-order valence-corrected chi connectivity index (χ0v) is 12.4. The van der Waals surface area contributed by atoms with Crippen molar-refractivity contribution in [2.45, 2.75) is 31.3 Å². The number of benzene rings is 1. The fourth-order valence-electron chi connectivity index (χ4n) is 3.10. The van der Waals surface area contributed by atoms with Crippen LogP contribution in [-0.2, 0) is 5.60 Å². The summed E-state index contributed by atoms with van der Waals surface area (Å²) in [7, 11) is 0. The lowest BCUT2D eigenvalue weighted by atomic mass is 9.92. The van der Waals surface area contributed by atoms with Crippen LogP contribution in [-0.4, -0.2) is 44.8 Å². The van der Waals surface area contributed by atoms with E-state index >= 15 is 0 Å². The van der Waals surface area contributed by atoms with Gasteiger partial charge in [0.2, 0.25) is 0 Å². The summed E-state index contributed by atoms with van der Waals surface area (Å²) in [6.07, 6.45) is 3.68. The highest BCUT2D eigenvalue weighted by Gasteiger charge is 2.29. The van der Waals surface area contributed by atoms with Gasteiger partial charge in [-0.25, -0.2) is 4.98 Å². The van der Waals surface area contributed by atoms with E-state index in [1.807, 2.05) is 37.3 Å². The molecule has 0 amide bonds. The predicted molar refractivity (Wildman–Crippen MR) is 80.8 cm³/mol. The van der Waals surface area contributed by atoms with Gasteiger partial charge in [0.1, 0.15) is 12.2 Å². The van der Waals surface area contributed by atoms with Crippen LogP contribution in [0.2, 0.25) is 0 Å². The van der Waals surface area contributed by atoms with Crippen molar-refractivity contribution >= 4 is 0 Å². The van der Waals surface area contributed by atoms with Gasteiger partial charge in [-0.1, -0.05) is 30.3 Å². The number of piperidine rings is 1. The number of aromatic amines is 1. The largest absolute Gasteiger partial charge is 0.384 e. The second kappa shape index (κ2) is 5.95. The van der Waals surface area contributed by atoms with Gasteiger partial charge < -0.3 is 10.0 Å². The molecule has 1 aromatic carbocycles. The Kier molecular flexibility index (Phi) is 4.03. The summed E-state index contributed by atoms with van der Waals surface area (Å²) in [5.41, 5.74) is 0.169. The highest BCUT2D eigenvalue weighted by molar-refractivity contribution is 5.21. The number of aromatic nitrogens is 3. The lowest BCUT2D eigenvalue weighted by Crippen LogP contribution is -2.42. The van der Waals surface area contributed by atoms with Gasteiger partial charge in [-0.05, 0) is 38.4 Å². The van der Waals surface area contributed by atoms with E-state index in [1.165, 1.54) is 0 Å². The van der Waals surface area contributed by atoms with E-state index in [2.05, 4.69) is 20.1 Å². The third-order valence-corrected chi connectivity index (χ3v) is 4.34. The molecule has 5 heteroatoms. The fraction of sp³-hybridized carbons (Fsp3) is 0.500. The SMILES string of the molecule is CC(O)(CN1CCC(c2ncn[nH]2)CC1)c1ccccc1. The van der Waals surface area contributed by atoms with E-state index in [4.69, 9.17) is 0 Å². The molecule has 1 fully saturated rings. The quantitative estimate of drug-likeness (QED) is 0.901. The highest BCUT2D eigenvalue weighted by Crippen LogP contribution is 2.28. The topological polar surface area (TPSA) is 65.0 Å². The zero-order chi connectivity index (χ0) is 14.7. The minimum atomic E-state index is -0.805. The molecule has 1 saturated heterocycles. The van der Waals surface area contributed by atoms with E-state index in [0.717, 1.165) is 37.3 Å². The number of aliphatic hydroxyl groups is 1. The number of hydrogen-bond acceptors (Lipinski definition) is 4. The normalized spacial score (nSPS) is 20.3. The predicted octanol–water partition coefficient (Wildman–Crippen LogP) is 1.89. The van der Waals surface area contributed by atoms with Crippen molar-refractivity contribution in [1.82, 2.24) is 20.1 Å². The van der Waals surface area contributed by atoms with Gasteiger partial charge in [-0.2, -0.15) is 5.10 Å². The summed E-state index contributed by atoms with van der Waals surface area (Å²) in [5.74, 6) is 1.45. The number of β-amino-alcohol motifs (C(OH)–C–C–N with tert-alkyl or cyclic N) is 1. The summed E-state index contributed by atoms with van der Waals surface area (Å²) < 4.78 is 0. The maximum absolute atomic E-state index is 10.7. The minimum absolute atomic E-state index is 0.463. The third-order valence-electron chi connectivity index (χ3n) is 4.34. The first-order chi connectivity index (χ1) is 10.1. The van der Waals surface area contributed by atoms with Gasteiger partial charge in [-0.15, -0.1) is 0 Å². The Labute approximate surface area is 125 Å². The molecule has 0 radical (unpaired) electrons. The van der Waals surface area contributed by atoms with Crippen molar-refractivity contribution in [3.05, 3.63) is 48.0 Å². The molecule has 2 aromatic rings. The standard InChI is InChI=1S/C16H22N4O/c1-16(21,14-5-3-2-4-6-14)11-20-9-7-13(8-10-20)15-17-12-18-19-15/h2-6,12-13,21H,7-11H2,1H3,(H,17,18,19). The third kappa shape index (κ3) is 3.31. The summed E-state index contributed by atoms with van der Waals surface area (Å²) in [6.45, 7) is 4.52. The van der Waals surface area contributed by atoms with Crippen LogP contribution in [0.15, 0.2) is 36.7 Å². The summed E-state index contributed by atoms with van der Waals surface area (Å²) in [4.78, 5) is 6.59. The van der Waals surface area contributed by atoms with Crippen LogP contribution in [0.25, 0.3) is 0 Å². The number of rotatable bonds is 4. The van der Waals surface area contributed by atoms with Crippen LogP contribution in [0, 0.1) is 0 Å². The summed E-state index contributed by atoms with van der Waals surface area (Å²) in [5, 5.41) is 17.6. The van der Waals surface area contributed by atoms with Gasteiger partial charge in [0.15, 0.2) is 0 Å². The molecule has 112 valence electrons. The number of hydrogen-bond donors (Lipinski definition) is 2. The highest BCUT2D eigenvalue weighted by atomic mass is 16.3. The van der Waals surface area contributed by atoms with E-state index in [0.29, 0.717) is 12.5 Å². The van der Waals surface area contributed by atoms with Crippen molar-refractivity contribution in [2.75, 3.05) is 19.6 Å². The van der Waals surface area contributed by atoms with Gasteiger partial charge in [0.25, 0.3) is 0 Å². The second-order valence-electron chi connectivity index (χ2n) is 6.06. The maximum Gasteiger partial charge on any atom is 0.137 e. The number of nitrogens with one attached hydrogen (secondary N) is 1. The Morgan fingerprint density at radius 3 is 2.62 bits per heavy atom. The Balaban J connectivity index is 1.58. The van der Waals surface area contributed by atoms with Crippen LogP contribution in [0.4, 0.5) is 0 Å². The molecule has 21 heavy (non-hydrogen) atoms. The summed E-state index contributed by atoms with van der Waals surface area (Å²) >= 11 is 0. The zero-order valence-electron chi connectivity index (χ0n) is 12.4. The molecule has 1 aliphatic heterocycles. The van der Waals surface area contributed by atoms with Crippen LogP contribution >= 0.6 is 0 Å². The van der Waals surface area contributed by atoms with Crippen molar-refractivity contribution in [3.63, 3.8) is 0 Å². The maximum atomic E-state index is 10.7. The first-order valence-corrected chi connectivity index (χ1v) is 7.51. The smallest absolute Gasteiger partial charge is 0.137 e. The van der Waals surface area contributed by atoms with Crippen LogP contribution in [0.5, 0.6) is 0 Å². The van der Waals surface area contributed by atoms with Crippen LogP contribution in [0.1, 0.15) is 37.1 Å². The van der Waals surface area contributed by atoms with Gasteiger partial charge in [0.05, 0.1) is 5.60 Å². The van der Waals surface area contributed by atoms with Crippen molar-refractivity contribution in [2.24, 2.45) is 0 Å². The Bertz CT molecular complexity index is 545. The van der Waals surface area contributed by atoms with Gasteiger partial charge in [0, 0.05) is 12.5 Å². The molecule has 1 atom stereocenters. The molecule has 2 N–H and O–H groups in total. The second-order valence-corrected chi connectivity index (χ2v) is 6.06. The molecule has 3 rings (SSSR count). The minimum Gasteiger partial charge on any atom is -0.384 e. The molecule has 1 aliphatic rings. The Morgan fingerprint density at radius 1 is 1.29 bits per heavy atom. The Hall–Kier alpha value is -1.72. The summed E-state index contributed by atoms with van der Waals surface area (Å²) in [6, 6.07) is 9.89. The monoisotopic (exact) mass is 286 g/mol. The van der Waals surface area contributed by atoms with E-state index in [-0.39, 0.29) is 0 Å². The van der Waals surface area contributed by atoms with E-state index < -0.39 is 5.60 Å². The van der Waals surface area contributed by atoms with Crippen LogP contribution in [0.3, 0.4) is 0 Å². The fourth-order valence-corrected chi connectivity index (χ4v) is 3.10. The van der Waals surface area contributed by atoms with Crippen LogP contribution < -0.4 is 0 Å². The molecule has 2 heterocycles. The molecule has 0 spiro atoms. The molecule has 1 aromatic heterocycles. The molecule has 0 aliphatic carbocycles. The first-order valence-electron chi connectivity index (χ1n) is 7.51. The molecular formula is C16H22N4O.